The molecule has 0 aliphatic carbocycles. The summed E-state index contributed by atoms with van der Waals surface area (Å²) in [5.74, 6) is -0.123. The molecular formula is C24H21N3O. The van der Waals surface area contributed by atoms with Gasteiger partial charge in [-0.15, -0.1) is 0 Å². The molecule has 3 aromatic carbocycles. The van der Waals surface area contributed by atoms with E-state index in [0.717, 1.165) is 22.5 Å². The maximum Gasteiger partial charge on any atom is 0.281 e. The van der Waals surface area contributed by atoms with Crippen molar-refractivity contribution in [2.75, 3.05) is 24.0 Å². The van der Waals surface area contributed by atoms with E-state index in [0.29, 0.717) is 11.3 Å². The van der Waals surface area contributed by atoms with E-state index in [1.165, 1.54) is 5.01 Å². The lowest BCUT2D eigenvalue weighted by molar-refractivity contribution is -0.114. The summed E-state index contributed by atoms with van der Waals surface area (Å²) in [4.78, 5) is 15.3. The molecule has 1 amide bonds. The van der Waals surface area contributed by atoms with E-state index >= 15 is 0 Å². The van der Waals surface area contributed by atoms with Gasteiger partial charge in [0, 0.05) is 25.3 Å². The third-order valence-corrected chi connectivity index (χ3v) is 4.65. The Hall–Kier alpha value is -3.66. The molecule has 1 aliphatic heterocycles. The first-order chi connectivity index (χ1) is 13.6. The van der Waals surface area contributed by atoms with Crippen LogP contribution in [0.1, 0.15) is 11.1 Å². The zero-order valence-corrected chi connectivity index (χ0v) is 15.9. The average molecular weight is 367 g/mol. The summed E-state index contributed by atoms with van der Waals surface area (Å²) in [6.45, 7) is 0. The van der Waals surface area contributed by atoms with E-state index in [9.17, 15) is 4.79 Å². The molecule has 0 atom stereocenters. The molecule has 4 nitrogen and oxygen atoms in total. The number of hydrazone groups is 1. The minimum atomic E-state index is -0.123. The quantitative estimate of drug-likeness (QED) is 0.633. The molecule has 138 valence electrons. The van der Waals surface area contributed by atoms with E-state index in [2.05, 4.69) is 5.10 Å². The number of hydrogen-bond donors (Lipinski definition) is 0. The number of rotatable bonds is 4. The molecular weight excluding hydrogens is 346 g/mol. The standard InChI is InChI=1S/C24H21N3O/c1-26(2)20-15-13-18(14-16-20)17-22-23(19-9-5-3-6-10-19)25-27(24(22)28)21-11-7-4-8-12-21/h3-17H,1-2H3/b22-17+. The van der Waals surface area contributed by atoms with Crippen LogP contribution in [0, 0.1) is 0 Å². The molecule has 0 unspecified atom stereocenters. The second-order valence-corrected chi connectivity index (χ2v) is 6.81. The Kier molecular flexibility index (Phi) is 4.77. The number of hydrogen-bond acceptors (Lipinski definition) is 3. The van der Waals surface area contributed by atoms with Crippen LogP contribution in [0.2, 0.25) is 0 Å². The first-order valence-corrected chi connectivity index (χ1v) is 9.16. The van der Waals surface area contributed by atoms with Crippen LogP contribution in [0.3, 0.4) is 0 Å². The maximum atomic E-state index is 13.2. The Morgan fingerprint density at radius 3 is 2.04 bits per heavy atom. The van der Waals surface area contributed by atoms with E-state index in [1.54, 1.807) is 0 Å². The Labute approximate surface area is 165 Å². The van der Waals surface area contributed by atoms with Gasteiger partial charge < -0.3 is 4.90 Å². The molecule has 0 saturated heterocycles. The number of carbonyl (C=O) groups is 1. The van der Waals surface area contributed by atoms with Crippen molar-refractivity contribution in [3.63, 3.8) is 0 Å². The second kappa shape index (κ2) is 7.53. The Morgan fingerprint density at radius 2 is 1.43 bits per heavy atom. The van der Waals surface area contributed by atoms with Gasteiger partial charge >= 0.3 is 0 Å². The van der Waals surface area contributed by atoms with E-state index < -0.39 is 0 Å². The van der Waals surface area contributed by atoms with Gasteiger partial charge in [0.15, 0.2) is 0 Å². The Bertz CT molecular complexity index is 1040. The van der Waals surface area contributed by atoms with Crippen molar-refractivity contribution in [1.82, 2.24) is 0 Å². The third-order valence-electron chi connectivity index (χ3n) is 4.65. The molecule has 0 aromatic heterocycles. The molecule has 4 rings (SSSR count). The highest BCUT2D eigenvalue weighted by Gasteiger charge is 2.31. The molecule has 28 heavy (non-hydrogen) atoms. The van der Waals surface area contributed by atoms with Gasteiger partial charge in [-0.1, -0.05) is 60.7 Å². The zero-order chi connectivity index (χ0) is 19.5. The molecule has 3 aromatic rings. The average Bonchev–Trinajstić information content (AvgIpc) is 3.06. The van der Waals surface area contributed by atoms with Gasteiger partial charge in [0.1, 0.15) is 5.71 Å². The Morgan fingerprint density at radius 1 is 0.821 bits per heavy atom. The fourth-order valence-corrected chi connectivity index (χ4v) is 3.13. The van der Waals surface area contributed by atoms with E-state index in [-0.39, 0.29) is 5.91 Å². The Balaban J connectivity index is 1.77. The minimum Gasteiger partial charge on any atom is -0.378 e. The van der Waals surface area contributed by atoms with Crippen LogP contribution in [0.4, 0.5) is 11.4 Å². The molecule has 0 N–H and O–H groups in total. The van der Waals surface area contributed by atoms with Gasteiger partial charge in [-0.25, -0.2) is 0 Å². The molecule has 4 heteroatoms. The zero-order valence-electron chi connectivity index (χ0n) is 15.9. The highest BCUT2D eigenvalue weighted by molar-refractivity contribution is 6.37. The summed E-state index contributed by atoms with van der Waals surface area (Å²) < 4.78 is 0. The molecule has 0 fully saturated rings. The largest absolute Gasteiger partial charge is 0.378 e. The number of carbonyl (C=O) groups excluding carboxylic acids is 1. The molecule has 0 bridgehead atoms. The predicted molar refractivity (Wildman–Crippen MR) is 116 cm³/mol. The topological polar surface area (TPSA) is 35.9 Å². The number of anilines is 2. The van der Waals surface area contributed by atoms with Crippen molar-refractivity contribution in [3.8, 4) is 0 Å². The summed E-state index contributed by atoms with van der Waals surface area (Å²) in [7, 11) is 4.01. The summed E-state index contributed by atoms with van der Waals surface area (Å²) >= 11 is 0. The van der Waals surface area contributed by atoms with Crippen molar-refractivity contribution >= 4 is 29.1 Å². The molecule has 0 spiro atoms. The van der Waals surface area contributed by atoms with Crippen LogP contribution in [-0.4, -0.2) is 25.7 Å². The lowest BCUT2D eigenvalue weighted by Crippen LogP contribution is -2.21. The molecule has 1 aliphatic rings. The van der Waals surface area contributed by atoms with Crippen molar-refractivity contribution < 1.29 is 4.79 Å². The fourth-order valence-electron chi connectivity index (χ4n) is 3.13. The monoisotopic (exact) mass is 367 g/mol. The first-order valence-electron chi connectivity index (χ1n) is 9.16. The van der Waals surface area contributed by atoms with E-state index in [4.69, 9.17) is 0 Å². The van der Waals surface area contributed by atoms with Crippen molar-refractivity contribution in [2.45, 2.75) is 0 Å². The number of amides is 1. The van der Waals surface area contributed by atoms with Gasteiger partial charge in [-0.3, -0.25) is 4.79 Å². The summed E-state index contributed by atoms with van der Waals surface area (Å²) in [5, 5.41) is 6.13. The van der Waals surface area contributed by atoms with Crippen molar-refractivity contribution in [3.05, 3.63) is 102 Å². The predicted octanol–water partition coefficient (Wildman–Crippen LogP) is 4.59. The van der Waals surface area contributed by atoms with Crippen LogP contribution in [0.25, 0.3) is 6.08 Å². The lowest BCUT2D eigenvalue weighted by Gasteiger charge is -2.12. The molecule has 1 heterocycles. The second-order valence-electron chi connectivity index (χ2n) is 6.81. The summed E-state index contributed by atoms with van der Waals surface area (Å²) in [6, 6.07) is 27.4. The van der Waals surface area contributed by atoms with Crippen LogP contribution in [0.15, 0.2) is 95.6 Å². The molecule has 0 saturated carbocycles. The fraction of sp³-hybridized carbons (Fsp3) is 0.0833. The van der Waals surface area contributed by atoms with Crippen LogP contribution >= 0.6 is 0 Å². The van der Waals surface area contributed by atoms with Crippen LogP contribution in [0.5, 0.6) is 0 Å². The molecule has 0 radical (unpaired) electrons. The van der Waals surface area contributed by atoms with Gasteiger partial charge in [0.25, 0.3) is 5.91 Å². The number of benzene rings is 3. The minimum absolute atomic E-state index is 0.123. The summed E-state index contributed by atoms with van der Waals surface area (Å²) in [5.41, 5.74) is 5.03. The first kappa shape index (κ1) is 17.7. The highest BCUT2D eigenvalue weighted by atomic mass is 16.2. The lowest BCUT2D eigenvalue weighted by atomic mass is 10.00. The van der Waals surface area contributed by atoms with Gasteiger partial charge in [-0.05, 0) is 35.9 Å². The third kappa shape index (κ3) is 3.45. The van der Waals surface area contributed by atoms with Gasteiger partial charge in [-0.2, -0.15) is 10.1 Å². The van der Waals surface area contributed by atoms with Gasteiger partial charge in [0.05, 0.1) is 11.3 Å². The van der Waals surface area contributed by atoms with Crippen LogP contribution in [-0.2, 0) is 4.79 Å². The highest BCUT2D eigenvalue weighted by Crippen LogP contribution is 2.28. The number of nitrogens with zero attached hydrogens (tertiary/aromatic N) is 3. The SMILES string of the molecule is CN(C)c1ccc(/C=C2/C(=O)N(c3ccccc3)N=C2c2ccccc2)cc1. The van der Waals surface area contributed by atoms with Crippen molar-refractivity contribution in [2.24, 2.45) is 5.10 Å². The number of para-hydroxylation sites is 1. The van der Waals surface area contributed by atoms with E-state index in [1.807, 2.05) is 110 Å². The summed E-state index contributed by atoms with van der Waals surface area (Å²) in [6.07, 6.45) is 1.91. The normalized spacial score (nSPS) is 15.1. The smallest absolute Gasteiger partial charge is 0.281 e. The van der Waals surface area contributed by atoms with Crippen LogP contribution < -0.4 is 9.91 Å². The van der Waals surface area contributed by atoms with Gasteiger partial charge in [0.2, 0.25) is 0 Å². The van der Waals surface area contributed by atoms with Crippen molar-refractivity contribution in [1.29, 1.82) is 0 Å². The maximum absolute atomic E-state index is 13.2.